The Balaban J connectivity index is 1.80. The Bertz CT molecular complexity index is 1220. The SMILES string of the molecule is CCOC(=O)c1c(C)oc2nc(COC(=O)c3cc(Cl)c(OCC(C)C)c(OC)c3)nc(N)c12. The van der Waals surface area contributed by atoms with Crippen LogP contribution in [-0.2, 0) is 16.1 Å². The van der Waals surface area contributed by atoms with Crippen LogP contribution in [0, 0.1) is 12.8 Å². The van der Waals surface area contributed by atoms with Crippen molar-refractivity contribution >= 4 is 40.5 Å². The normalized spacial score (nSPS) is 11.0. The van der Waals surface area contributed by atoms with Gasteiger partial charge in [-0.2, -0.15) is 4.98 Å². The number of carbonyl (C=O) groups excluding carboxylic acids is 2. The van der Waals surface area contributed by atoms with Crippen molar-refractivity contribution in [3.63, 3.8) is 0 Å². The second kappa shape index (κ2) is 10.6. The monoisotopic (exact) mass is 491 g/mol. The van der Waals surface area contributed by atoms with Gasteiger partial charge >= 0.3 is 11.9 Å². The van der Waals surface area contributed by atoms with Crippen LogP contribution in [0.25, 0.3) is 11.1 Å². The molecule has 34 heavy (non-hydrogen) atoms. The molecule has 0 saturated carbocycles. The first kappa shape index (κ1) is 25.1. The number of aromatic nitrogens is 2. The minimum Gasteiger partial charge on any atom is -0.493 e. The smallest absolute Gasteiger partial charge is 0.342 e. The molecule has 0 bridgehead atoms. The summed E-state index contributed by atoms with van der Waals surface area (Å²) in [7, 11) is 1.45. The quantitative estimate of drug-likeness (QED) is 0.430. The van der Waals surface area contributed by atoms with Gasteiger partial charge in [-0.3, -0.25) is 0 Å². The number of rotatable bonds is 9. The number of aryl methyl sites for hydroxylation is 1. The first-order chi connectivity index (χ1) is 16.2. The highest BCUT2D eigenvalue weighted by atomic mass is 35.5. The predicted octanol–water partition coefficient (Wildman–Crippen LogP) is 4.34. The van der Waals surface area contributed by atoms with Crippen LogP contribution >= 0.6 is 11.6 Å². The molecule has 0 amide bonds. The molecule has 0 aliphatic rings. The van der Waals surface area contributed by atoms with Crippen molar-refractivity contribution in [1.82, 2.24) is 9.97 Å². The van der Waals surface area contributed by atoms with Gasteiger partial charge < -0.3 is 29.1 Å². The summed E-state index contributed by atoms with van der Waals surface area (Å²) in [4.78, 5) is 33.2. The Morgan fingerprint density at radius 1 is 1.18 bits per heavy atom. The summed E-state index contributed by atoms with van der Waals surface area (Å²) in [5, 5.41) is 0.464. The molecule has 0 aliphatic carbocycles. The van der Waals surface area contributed by atoms with Crippen molar-refractivity contribution in [3.05, 3.63) is 39.9 Å². The standard InChI is InChI=1S/C23H26ClN3O7/c1-6-31-23(29)17-12(4)34-21-18(17)20(25)26-16(27-21)10-33-22(28)13-7-14(24)19(15(8-13)30-5)32-9-11(2)3/h7-8,11H,6,9-10H2,1-5H3,(H2,25,26,27). The lowest BCUT2D eigenvalue weighted by molar-refractivity contribution is 0.0460. The van der Waals surface area contributed by atoms with E-state index >= 15 is 0 Å². The lowest BCUT2D eigenvalue weighted by Crippen LogP contribution is -2.11. The minimum absolute atomic E-state index is 0.00678. The fraction of sp³-hybridized carbons (Fsp3) is 0.391. The van der Waals surface area contributed by atoms with E-state index in [-0.39, 0.29) is 58.0 Å². The van der Waals surface area contributed by atoms with Crippen molar-refractivity contribution in [2.45, 2.75) is 34.3 Å². The van der Waals surface area contributed by atoms with Crippen LogP contribution in [0.15, 0.2) is 16.5 Å². The molecule has 182 valence electrons. The third-order valence-corrected chi connectivity index (χ3v) is 4.92. The summed E-state index contributed by atoms with van der Waals surface area (Å²) in [5.74, 6) is 0.0677. The summed E-state index contributed by atoms with van der Waals surface area (Å²) in [6.07, 6.45) is 0. The fourth-order valence-corrected chi connectivity index (χ4v) is 3.40. The van der Waals surface area contributed by atoms with E-state index < -0.39 is 11.9 Å². The molecule has 0 unspecified atom stereocenters. The molecule has 0 atom stereocenters. The molecule has 2 N–H and O–H groups in total. The lowest BCUT2D eigenvalue weighted by Gasteiger charge is -2.15. The number of ether oxygens (including phenoxy) is 4. The number of anilines is 1. The van der Waals surface area contributed by atoms with Gasteiger partial charge in [0.05, 0.1) is 36.3 Å². The Morgan fingerprint density at radius 3 is 2.56 bits per heavy atom. The summed E-state index contributed by atoms with van der Waals surface area (Å²) in [5.41, 5.74) is 6.46. The van der Waals surface area contributed by atoms with Crippen LogP contribution < -0.4 is 15.2 Å². The van der Waals surface area contributed by atoms with Crippen LogP contribution in [0.2, 0.25) is 5.02 Å². The van der Waals surface area contributed by atoms with Crippen LogP contribution in [0.1, 0.15) is 53.1 Å². The summed E-state index contributed by atoms with van der Waals surface area (Å²) >= 11 is 6.31. The van der Waals surface area contributed by atoms with E-state index in [9.17, 15) is 9.59 Å². The molecule has 0 aliphatic heterocycles. The Hall–Kier alpha value is -3.53. The third kappa shape index (κ3) is 5.33. The number of furan rings is 1. The minimum atomic E-state index is -0.680. The van der Waals surface area contributed by atoms with Gasteiger partial charge in [-0.25, -0.2) is 14.6 Å². The van der Waals surface area contributed by atoms with Gasteiger partial charge in [0.15, 0.2) is 23.9 Å². The van der Waals surface area contributed by atoms with Gasteiger partial charge in [0.25, 0.3) is 0 Å². The number of methoxy groups -OCH3 is 1. The van der Waals surface area contributed by atoms with E-state index in [0.717, 1.165) is 0 Å². The first-order valence-electron chi connectivity index (χ1n) is 10.6. The average Bonchev–Trinajstić information content (AvgIpc) is 3.12. The maximum Gasteiger partial charge on any atom is 0.342 e. The molecule has 0 spiro atoms. The molecule has 0 radical (unpaired) electrons. The zero-order valence-corrected chi connectivity index (χ0v) is 20.3. The van der Waals surface area contributed by atoms with Gasteiger partial charge in [-0.05, 0) is 31.9 Å². The molecule has 0 saturated heterocycles. The van der Waals surface area contributed by atoms with E-state index in [1.807, 2.05) is 13.8 Å². The van der Waals surface area contributed by atoms with Crippen LogP contribution in [0.4, 0.5) is 5.82 Å². The largest absolute Gasteiger partial charge is 0.493 e. The van der Waals surface area contributed by atoms with Gasteiger partial charge in [0.2, 0.25) is 5.71 Å². The number of nitrogens with zero attached hydrogens (tertiary/aromatic N) is 2. The third-order valence-electron chi connectivity index (χ3n) is 4.64. The van der Waals surface area contributed by atoms with Crippen molar-refractivity contribution in [2.75, 3.05) is 26.1 Å². The van der Waals surface area contributed by atoms with E-state index in [0.29, 0.717) is 23.9 Å². The highest BCUT2D eigenvalue weighted by Crippen LogP contribution is 2.37. The predicted molar refractivity (Wildman–Crippen MR) is 124 cm³/mol. The first-order valence-corrected chi connectivity index (χ1v) is 10.9. The van der Waals surface area contributed by atoms with E-state index in [1.54, 1.807) is 13.8 Å². The van der Waals surface area contributed by atoms with E-state index in [4.69, 9.17) is 40.7 Å². The van der Waals surface area contributed by atoms with Gasteiger partial charge in [0, 0.05) is 0 Å². The van der Waals surface area contributed by atoms with Gasteiger partial charge in [-0.1, -0.05) is 25.4 Å². The molecular formula is C23H26ClN3O7. The number of benzene rings is 1. The fourth-order valence-electron chi connectivity index (χ4n) is 3.14. The Kier molecular flexibility index (Phi) is 7.83. The van der Waals surface area contributed by atoms with Crippen LogP contribution in [0.3, 0.4) is 0 Å². The molecule has 2 heterocycles. The van der Waals surface area contributed by atoms with E-state index in [1.165, 1.54) is 19.2 Å². The Labute approximate surface area is 201 Å². The second-order valence-corrected chi connectivity index (χ2v) is 8.14. The van der Waals surface area contributed by atoms with Crippen molar-refractivity contribution < 1.29 is 33.0 Å². The number of halogens is 1. The molecule has 3 aromatic rings. The highest BCUT2D eigenvalue weighted by Gasteiger charge is 2.24. The number of nitrogens with two attached hydrogens (primary N) is 1. The van der Waals surface area contributed by atoms with E-state index in [2.05, 4.69) is 9.97 Å². The molecule has 0 fully saturated rings. The second-order valence-electron chi connectivity index (χ2n) is 7.73. The lowest BCUT2D eigenvalue weighted by atomic mass is 10.2. The number of esters is 2. The molecule has 11 heteroatoms. The summed E-state index contributed by atoms with van der Waals surface area (Å²) in [6.45, 7) is 7.62. The highest BCUT2D eigenvalue weighted by molar-refractivity contribution is 6.32. The number of nitrogen functional groups attached to an aromatic ring is 1. The number of carbonyl (C=O) groups is 2. The molecular weight excluding hydrogens is 466 g/mol. The Morgan fingerprint density at radius 2 is 1.91 bits per heavy atom. The van der Waals surface area contributed by atoms with Crippen LogP contribution in [0.5, 0.6) is 11.5 Å². The van der Waals surface area contributed by atoms with Crippen molar-refractivity contribution in [1.29, 1.82) is 0 Å². The molecule has 2 aromatic heterocycles. The topological polar surface area (TPSA) is 136 Å². The molecule has 1 aromatic carbocycles. The summed E-state index contributed by atoms with van der Waals surface area (Å²) < 4.78 is 26.9. The molecule has 3 rings (SSSR count). The maximum atomic E-state index is 12.6. The zero-order chi connectivity index (χ0) is 25.0. The van der Waals surface area contributed by atoms with Crippen molar-refractivity contribution in [3.8, 4) is 11.5 Å². The number of hydrogen-bond donors (Lipinski definition) is 1. The van der Waals surface area contributed by atoms with Gasteiger partial charge in [0.1, 0.15) is 17.1 Å². The van der Waals surface area contributed by atoms with Crippen LogP contribution in [-0.4, -0.2) is 42.2 Å². The maximum absolute atomic E-state index is 12.6. The molecule has 10 nitrogen and oxygen atoms in total. The van der Waals surface area contributed by atoms with Crippen molar-refractivity contribution in [2.24, 2.45) is 5.92 Å². The number of hydrogen-bond acceptors (Lipinski definition) is 10. The van der Waals surface area contributed by atoms with Gasteiger partial charge in [-0.15, -0.1) is 0 Å². The summed E-state index contributed by atoms with van der Waals surface area (Å²) in [6, 6.07) is 2.91. The zero-order valence-electron chi connectivity index (χ0n) is 19.6. The average molecular weight is 492 g/mol. The number of fused-ring (bicyclic) bond motifs is 1.